The predicted molar refractivity (Wildman–Crippen MR) is 150 cm³/mol. The molecule has 0 spiro atoms. The highest BCUT2D eigenvalue weighted by molar-refractivity contribution is 5.90. The number of nitrogens with one attached hydrogen (secondary N) is 3. The number of nitrogens with zero attached hydrogens (tertiary/aromatic N) is 3. The number of aromatic nitrogens is 2. The zero-order chi connectivity index (χ0) is 26.8. The maximum atomic E-state index is 14.1. The fraction of sp³-hybridized carbons (Fsp3) is 0.433. The highest BCUT2D eigenvalue weighted by Gasteiger charge is 2.48. The third kappa shape index (κ3) is 5.11. The number of likely N-dealkylation sites (tertiary alicyclic amines) is 1. The molecule has 3 heterocycles. The van der Waals surface area contributed by atoms with E-state index in [1.165, 1.54) is 5.56 Å². The Hall–Kier alpha value is -3.85. The SMILES string of the molecule is COC[C@H]1Nc2ccccc2[C@H]2[C@@H]1CCN2C(=O)[C@H]1CCCC[C@H]1NC(=O)Nc1ccc(-n2cccn2)cc1. The maximum Gasteiger partial charge on any atom is 0.319 e. The van der Waals surface area contributed by atoms with Crippen LogP contribution in [0.2, 0.25) is 0 Å². The molecule has 3 N–H and O–H groups in total. The van der Waals surface area contributed by atoms with Crippen molar-refractivity contribution in [1.82, 2.24) is 20.0 Å². The molecule has 1 saturated carbocycles. The third-order valence-corrected chi connectivity index (χ3v) is 8.50. The van der Waals surface area contributed by atoms with Gasteiger partial charge in [0.25, 0.3) is 0 Å². The van der Waals surface area contributed by atoms with Crippen molar-refractivity contribution in [2.75, 3.05) is 30.9 Å². The number of rotatable bonds is 6. The number of anilines is 2. The standard InChI is InChI=1S/C30H36N6O3/c1-39-19-27-23-15-18-35(28(23)22-7-2-4-9-25(22)33-27)29(37)24-8-3-5-10-26(24)34-30(38)32-20-11-13-21(14-12-20)36-17-6-16-31-36/h2,4,6-7,9,11-14,16-17,23-24,26-28,33H,3,5,8,10,15,18-19H2,1H3,(H2,32,34,38)/t23-,24+,26-,27-,28+/m1/s1. The molecule has 1 aliphatic carbocycles. The molecule has 3 aliphatic rings. The monoisotopic (exact) mass is 528 g/mol. The maximum absolute atomic E-state index is 14.1. The molecule has 204 valence electrons. The molecule has 0 unspecified atom stereocenters. The van der Waals surface area contributed by atoms with Gasteiger partial charge in [0, 0.05) is 49.4 Å². The highest BCUT2D eigenvalue weighted by atomic mass is 16.5. The Bertz CT molecular complexity index is 1290. The van der Waals surface area contributed by atoms with E-state index < -0.39 is 0 Å². The first-order valence-corrected chi connectivity index (χ1v) is 13.9. The van der Waals surface area contributed by atoms with E-state index in [0.29, 0.717) is 18.2 Å². The van der Waals surface area contributed by atoms with Gasteiger partial charge in [0.15, 0.2) is 0 Å². The number of amides is 3. The molecular weight excluding hydrogens is 492 g/mol. The Morgan fingerprint density at radius 2 is 1.87 bits per heavy atom. The van der Waals surface area contributed by atoms with Crippen LogP contribution in [-0.4, -0.2) is 59.0 Å². The van der Waals surface area contributed by atoms with Crippen LogP contribution < -0.4 is 16.0 Å². The van der Waals surface area contributed by atoms with Crippen LogP contribution in [0.4, 0.5) is 16.2 Å². The van der Waals surface area contributed by atoms with Gasteiger partial charge < -0.3 is 25.6 Å². The Labute approximate surface area is 228 Å². The van der Waals surface area contributed by atoms with Crippen molar-refractivity contribution in [2.45, 2.75) is 50.2 Å². The van der Waals surface area contributed by atoms with E-state index in [1.54, 1.807) is 18.0 Å². The summed E-state index contributed by atoms with van der Waals surface area (Å²) in [6.07, 6.45) is 8.13. The minimum Gasteiger partial charge on any atom is -0.383 e. The number of hydrogen-bond donors (Lipinski definition) is 3. The van der Waals surface area contributed by atoms with Crippen LogP contribution in [0, 0.1) is 11.8 Å². The van der Waals surface area contributed by atoms with Crippen LogP contribution in [-0.2, 0) is 9.53 Å². The van der Waals surface area contributed by atoms with Gasteiger partial charge in [-0.25, -0.2) is 9.48 Å². The number of methoxy groups -OCH3 is 1. The van der Waals surface area contributed by atoms with E-state index in [-0.39, 0.29) is 36.0 Å². The van der Waals surface area contributed by atoms with Crippen LogP contribution in [0.5, 0.6) is 0 Å². The lowest BCUT2D eigenvalue weighted by molar-refractivity contribution is -0.138. The Morgan fingerprint density at radius 1 is 1.05 bits per heavy atom. The molecule has 0 radical (unpaired) electrons. The zero-order valence-corrected chi connectivity index (χ0v) is 22.3. The number of para-hydroxylation sites is 1. The second-order valence-corrected chi connectivity index (χ2v) is 10.8. The topological polar surface area (TPSA) is 101 Å². The smallest absolute Gasteiger partial charge is 0.319 e. The van der Waals surface area contributed by atoms with Crippen molar-refractivity contribution in [3.05, 3.63) is 72.6 Å². The molecule has 0 bridgehead atoms. The molecule has 1 saturated heterocycles. The summed E-state index contributed by atoms with van der Waals surface area (Å²) in [7, 11) is 1.73. The first kappa shape index (κ1) is 25.4. The molecule has 2 aromatic carbocycles. The van der Waals surface area contributed by atoms with Crippen LogP contribution in [0.3, 0.4) is 0 Å². The van der Waals surface area contributed by atoms with Crippen molar-refractivity contribution < 1.29 is 14.3 Å². The molecule has 1 aromatic heterocycles. The molecule has 9 nitrogen and oxygen atoms in total. The summed E-state index contributed by atoms with van der Waals surface area (Å²) in [5.74, 6) is 0.226. The van der Waals surface area contributed by atoms with Crippen molar-refractivity contribution in [2.24, 2.45) is 11.8 Å². The molecule has 2 fully saturated rings. The number of ether oxygens (including phenoxy) is 1. The first-order chi connectivity index (χ1) is 19.1. The average molecular weight is 529 g/mol. The molecule has 2 aliphatic heterocycles. The Balaban J connectivity index is 1.15. The van der Waals surface area contributed by atoms with Gasteiger partial charge in [0.05, 0.1) is 30.3 Å². The fourth-order valence-electron chi connectivity index (χ4n) is 6.69. The number of fused-ring (bicyclic) bond motifs is 3. The predicted octanol–water partition coefficient (Wildman–Crippen LogP) is 4.58. The fourth-order valence-corrected chi connectivity index (χ4v) is 6.69. The van der Waals surface area contributed by atoms with Crippen LogP contribution in [0.15, 0.2) is 67.0 Å². The van der Waals surface area contributed by atoms with Gasteiger partial charge in [0.1, 0.15) is 0 Å². The molecule has 3 amide bonds. The molecular formula is C30H36N6O3. The van der Waals surface area contributed by atoms with Crippen LogP contribution >= 0.6 is 0 Å². The minimum absolute atomic E-state index is 0.0276. The van der Waals surface area contributed by atoms with Crippen molar-refractivity contribution >= 4 is 23.3 Å². The molecule has 39 heavy (non-hydrogen) atoms. The molecule has 9 heteroatoms. The van der Waals surface area contributed by atoms with Gasteiger partial charge >= 0.3 is 6.03 Å². The van der Waals surface area contributed by atoms with E-state index in [9.17, 15) is 9.59 Å². The van der Waals surface area contributed by atoms with Crippen molar-refractivity contribution in [3.8, 4) is 5.69 Å². The summed E-state index contributed by atoms with van der Waals surface area (Å²) in [6.45, 7) is 1.33. The van der Waals surface area contributed by atoms with Gasteiger partial charge in [-0.3, -0.25) is 4.79 Å². The van der Waals surface area contributed by atoms with Gasteiger partial charge in [0.2, 0.25) is 5.91 Å². The number of urea groups is 1. The lowest BCUT2D eigenvalue weighted by Crippen LogP contribution is -2.51. The zero-order valence-electron chi connectivity index (χ0n) is 22.3. The summed E-state index contributed by atoms with van der Waals surface area (Å²) in [5, 5.41) is 14.0. The number of hydrogen-bond acceptors (Lipinski definition) is 5. The van der Waals surface area contributed by atoms with Gasteiger partial charge in [-0.05, 0) is 61.2 Å². The van der Waals surface area contributed by atoms with Crippen molar-refractivity contribution in [3.63, 3.8) is 0 Å². The molecule has 6 rings (SSSR count). The Kier molecular flexibility index (Phi) is 7.24. The third-order valence-electron chi connectivity index (χ3n) is 8.50. The minimum atomic E-state index is -0.279. The number of carbonyl (C=O) groups excluding carboxylic acids is 2. The lowest BCUT2D eigenvalue weighted by Gasteiger charge is -2.41. The second kappa shape index (κ2) is 11.1. The van der Waals surface area contributed by atoms with E-state index in [2.05, 4.69) is 38.1 Å². The van der Waals surface area contributed by atoms with E-state index >= 15 is 0 Å². The highest BCUT2D eigenvalue weighted by Crippen LogP contribution is 2.47. The largest absolute Gasteiger partial charge is 0.383 e. The number of carbonyl (C=O) groups is 2. The average Bonchev–Trinajstić information content (AvgIpc) is 3.65. The second-order valence-electron chi connectivity index (χ2n) is 10.8. The van der Waals surface area contributed by atoms with E-state index in [1.807, 2.05) is 48.7 Å². The van der Waals surface area contributed by atoms with Crippen molar-refractivity contribution in [1.29, 1.82) is 0 Å². The summed E-state index contributed by atoms with van der Waals surface area (Å²) in [4.78, 5) is 29.2. The quantitative estimate of drug-likeness (QED) is 0.435. The van der Waals surface area contributed by atoms with Gasteiger partial charge in [-0.1, -0.05) is 31.0 Å². The van der Waals surface area contributed by atoms with Gasteiger partial charge in [-0.2, -0.15) is 5.10 Å². The number of benzene rings is 2. The lowest BCUT2D eigenvalue weighted by atomic mass is 9.81. The Morgan fingerprint density at radius 3 is 2.67 bits per heavy atom. The van der Waals surface area contributed by atoms with Gasteiger partial charge in [-0.15, -0.1) is 0 Å². The van der Waals surface area contributed by atoms with Crippen LogP contribution in [0.25, 0.3) is 5.69 Å². The summed E-state index contributed by atoms with van der Waals surface area (Å²) < 4.78 is 7.29. The van der Waals surface area contributed by atoms with E-state index in [4.69, 9.17) is 4.74 Å². The molecule has 3 aromatic rings. The molecule has 5 atom stereocenters. The van der Waals surface area contributed by atoms with Crippen LogP contribution in [0.1, 0.15) is 43.7 Å². The normalized spacial score (nSPS) is 25.8. The summed E-state index contributed by atoms with van der Waals surface area (Å²) in [5.41, 5.74) is 3.87. The first-order valence-electron chi connectivity index (χ1n) is 13.9. The summed E-state index contributed by atoms with van der Waals surface area (Å²) >= 11 is 0. The summed E-state index contributed by atoms with van der Waals surface area (Å²) in [6, 6.07) is 17.4. The van der Waals surface area contributed by atoms with E-state index in [0.717, 1.165) is 50.0 Å².